The maximum atomic E-state index is 11.9. The van der Waals surface area contributed by atoms with Crippen LogP contribution < -0.4 is 10.6 Å². The molecule has 0 bridgehead atoms. The zero-order valence-corrected chi connectivity index (χ0v) is 13.7. The third kappa shape index (κ3) is 4.49. The second-order valence-electron chi connectivity index (χ2n) is 5.55. The molecule has 2 aromatic carbocycles. The molecule has 0 radical (unpaired) electrons. The highest BCUT2D eigenvalue weighted by Gasteiger charge is 2.07. The van der Waals surface area contributed by atoms with Crippen LogP contribution in [0.1, 0.15) is 16.1 Å². The van der Waals surface area contributed by atoms with Gasteiger partial charge in [0, 0.05) is 23.4 Å². The molecule has 0 saturated heterocycles. The van der Waals surface area contributed by atoms with Gasteiger partial charge in [-0.1, -0.05) is 36.4 Å². The summed E-state index contributed by atoms with van der Waals surface area (Å²) in [7, 11) is 0. The van der Waals surface area contributed by atoms with Gasteiger partial charge in [-0.2, -0.15) is 0 Å². The van der Waals surface area contributed by atoms with Crippen LogP contribution in [0.5, 0.6) is 0 Å². The minimum atomic E-state index is -0.206. The molecule has 1 heterocycles. The average molecular weight is 336 g/mol. The molecule has 1 amide bonds. The Morgan fingerprint density at radius 1 is 1.00 bits per heavy atom. The number of carbonyl (C=O) groups is 1. The number of nitrogens with one attached hydrogen (secondary N) is 2. The van der Waals surface area contributed by atoms with E-state index in [4.69, 9.17) is 9.52 Å². The lowest BCUT2D eigenvalue weighted by Crippen LogP contribution is -2.26. The highest BCUT2D eigenvalue weighted by molar-refractivity contribution is 5.95. The number of benzene rings is 2. The van der Waals surface area contributed by atoms with Gasteiger partial charge in [-0.15, -0.1) is 0 Å². The summed E-state index contributed by atoms with van der Waals surface area (Å²) in [5, 5.41) is 14.7. The van der Waals surface area contributed by atoms with Crippen molar-refractivity contribution < 1.29 is 14.3 Å². The molecule has 0 fully saturated rings. The molecule has 5 nitrogen and oxygen atoms in total. The van der Waals surface area contributed by atoms with Gasteiger partial charge in [-0.3, -0.25) is 4.79 Å². The fourth-order valence-electron chi connectivity index (χ4n) is 2.46. The topological polar surface area (TPSA) is 74.5 Å². The summed E-state index contributed by atoms with van der Waals surface area (Å²) in [6, 6.07) is 21.0. The van der Waals surface area contributed by atoms with Crippen molar-refractivity contribution in [1.29, 1.82) is 0 Å². The predicted octanol–water partition coefficient (Wildman–Crippen LogP) is 3.28. The van der Waals surface area contributed by atoms with Crippen LogP contribution in [0.2, 0.25) is 0 Å². The summed E-state index contributed by atoms with van der Waals surface area (Å²) in [5.74, 6) is 1.44. The first-order valence-corrected chi connectivity index (χ1v) is 8.13. The molecular formula is C20H20N2O3. The molecule has 3 N–H and O–H groups in total. The SMILES string of the molecule is O=C(NCCO)c1cccc(NCc2ccc(-c3ccccc3)o2)c1. The highest BCUT2D eigenvalue weighted by Crippen LogP contribution is 2.22. The van der Waals surface area contributed by atoms with Gasteiger partial charge >= 0.3 is 0 Å². The lowest BCUT2D eigenvalue weighted by molar-refractivity contribution is 0.0945. The number of aliphatic hydroxyl groups excluding tert-OH is 1. The van der Waals surface area contributed by atoms with E-state index in [2.05, 4.69) is 10.6 Å². The number of rotatable bonds is 7. The number of hydrogen-bond donors (Lipinski definition) is 3. The van der Waals surface area contributed by atoms with Crippen molar-refractivity contribution in [3.63, 3.8) is 0 Å². The maximum Gasteiger partial charge on any atom is 0.251 e. The van der Waals surface area contributed by atoms with Gasteiger partial charge in [0.1, 0.15) is 11.5 Å². The fraction of sp³-hybridized carbons (Fsp3) is 0.150. The lowest BCUT2D eigenvalue weighted by atomic mass is 10.2. The molecular weight excluding hydrogens is 316 g/mol. The summed E-state index contributed by atoms with van der Waals surface area (Å²) in [6.07, 6.45) is 0. The van der Waals surface area contributed by atoms with Crippen molar-refractivity contribution >= 4 is 11.6 Å². The van der Waals surface area contributed by atoms with Gasteiger partial charge < -0.3 is 20.2 Å². The molecule has 0 atom stereocenters. The summed E-state index contributed by atoms with van der Waals surface area (Å²) in [4.78, 5) is 11.9. The smallest absolute Gasteiger partial charge is 0.251 e. The minimum Gasteiger partial charge on any atom is -0.459 e. The Morgan fingerprint density at radius 2 is 1.84 bits per heavy atom. The third-order valence-electron chi connectivity index (χ3n) is 3.71. The molecule has 0 aliphatic carbocycles. The van der Waals surface area contributed by atoms with Gasteiger partial charge in [0.05, 0.1) is 13.2 Å². The Kier molecular flexibility index (Phi) is 5.49. The Morgan fingerprint density at radius 3 is 2.64 bits per heavy atom. The Bertz CT molecular complexity index is 828. The van der Waals surface area contributed by atoms with Gasteiger partial charge in [0.25, 0.3) is 5.91 Å². The molecule has 25 heavy (non-hydrogen) atoms. The molecule has 0 spiro atoms. The minimum absolute atomic E-state index is 0.0775. The maximum absolute atomic E-state index is 11.9. The van der Waals surface area contributed by atoms with E-state index in [1.807, 2.05) is 54.6 Å². The van der Waals surface area contributed by atoms with Crippen molar-refractivity contribution in [3.05, 3.63) is 78.1 Å². The first kappa shape index (κ1) is 16.8. The third-order valence-corrected chi connectivity index (χ3v) is 3.71. The Balaban J connectivity index is 1.62. The molecule has 3 aromatic rings. The van der Waals surface area contributed by atoms with Crippen molar-refractivity contribution in [1.82, 2.24) is 5.32 Å². The molecule has 0 aliphatic heterocycles. The Labute approximate surface area is 146 Å². The quantitative estimate of drug-likeness (QED) is 0.619. The standard InChI is InChI=1S/C20H20N2O3/c23-12-11-21-20(24)16-7-4-8-17(13-16)22-14-18-9-10-19(25-18)15-5-2-1-3-6-15/h1-10,13,22-23H,11-12,14H2,(H,21,24). The second-order valence-corrected chi connectivity index (χ2v) is 5.55. The van der Waals surface area contributed by atoms with Gasteiger partial charge in [0.2, 0.25) is 0 Å². The zero-order valence-electron chi connectivity index (χ0n) is 13.7. The normalized spacial score (nSPS) is 10.4. The first-order chi connectivity index (χ1) is 12.3. The number of furan rings is 1. The number of carbonyl (C=O) groups excluding carboxylic acids is 1. The van der Waals surface area contributed by atoms with Crippen molar-refractivity contribution in [2.45, 2.75) is 6.54 Å². The highest BCUT2D eigenvalue weighted by atomic mass is 16.3. The molecule has 1 aromatic heterocycles. The fourth-order valence-corrected chi connectivity index (χ4v) is 2.46. The van der Waals surface area contributed by atoms with Crippen LogP contribution in [0.3, 0.4) is 0 Å². The Hall–Kier alpha value is -3.05. The molecule has 0 unspecified atom stereocenters. The molecule has 128 valence electrons. The number of amides is 1. The van der Waals surface area contributed by atoms with Crippen LogP contribution in [0, 0.1) is 0 Å². The summed E-state index contributed by atoms with van der Waals surface area (Å²) < 4.78 is 5.85. The van der Waals surface area contributed by atoms with Crippen LogP contribution in [0.15, 0.2) is 71.1 Å². The van der Waals surface area contributed by atoms with E-state index in [9.17, 15) is 4.79 Å². The number of anilines is 1. The van der Waals surface area contributed by atoms with Crippen molar-refractivity contribution in [3.8, 4) is 11.3 Å². The van der Waals surface area contributed by atoms with E-state index in [-0.39, 0.29) is 19.1 Å². The van der Waals surface area contributed by atoms with Crippen LogP contribution >= 0.6 is 0 Å². The van der Waals surface area contributed by atoms with E-state index in [1.54, 1.807) is 12.1 Å². The number of hydrogen-bond acceptors (Lipinski definition) is 4. The molecule has 3 rings (SSSR count). The zero-order chi connectivity index (χ0) is 17.5. The van der Waals surface area contributed by atoms with Crippen LogP contribution in [0.25, 0.3) is 11.3 Å². The van der Waals surface area contributed by atoms with Gasteiger partial charge in [0.15, 0.2) is 0 Å². The monoisotopic (exact) mass is 336 g/mol. The molecule has 0 saturated carbocycles. The summed E-state index contributed by atoms with van der Waals surface area (Å²) in [6.45, 7) is 0.686. The largest absolute Gasteiger partial charge is 0.459 e. The lowest BCUT2D eigenvalue weighted by Gasteiger charge is -2.07. The van der Waals surface area contributed by atoms with Crippen LogP contribution in [0.4, 0.5) is 5.69 Å². The van der Waals surface area contributed by atoms with E-state index >= 15 is 0 Å². The van der Waals surface area contributed by atoms with Gasteiger partial charge in [-0.05, 0) is 30.3 Å². The summed E-state index contributed by atoms with van der Waals surface area (Å²) >= 11 is 0. The predicted molar refractivity (Wildman–Crippen MR) is 97.3 cm³/mol. The summed E-state index contributed by atoms with van der Waals surface area (Å²) in [5.41, 5.74) is 2.41. The van der Waals surface area contributed by atoms with Crippen LogP contribution in [-0.2, 0) is 6.54 Å². The van der Waals surface area contributed by atoms with E-state index in [0.717, 1.165) is 22.8 Å². The average Bonchev–Trinajstić information content (AvgIpc) is 3.14. The van der Waals surface area contributed by atoms with Gasteiger partial charge in [-0.25, -0.2) is 0 Å². The molecule has 0 aliphatic rings. The van der Waals surface area contributed by atoms with E-state index in [1.165, 1.54) is 0 Å². The number of aliphatic hydroxyl groups is 1. The van der Waals surface area contributed by atoms with Crippen molar-refractivity contribution in [2.75, 3.05) is 18.5 Å². The molecule has 5 heteroatoms. The van der Waals surface area contributed by atoms with Crippen molar-refractivity contribution in [2.24, 2.45) is 0 Å². The first-order valence-electron chi connectivity index (χ1n) is 8.13. The van der Waals surface area contributed by atoms with E-state index < -0.39 is 0 Å². The van der Waals surface area contributed by atoms with Crippen LogP contribution in [-0.4, -0.2) is 24.2 Å². The second kappa shape index (κ2) is 8.17. The van der Waals surface area contributed by atoms with E-state index in [0.29, 0.717) is 12.1 Å².